The molecule has 128 valence electrons. The predicted octanol–water partition coefficient (Wildman–Crippen LogP) is 4.16. The second-order valence-electron chi connectivity index (χ2n) is 5.92. The van der Waals surface area contributed by atoms with Crippen molar-refractivity contribution in [2.45, 2.75) is 19.9 Å². The number of hydrogen-bond acceptors (Lipinski definition) is 3. The first-order valence-corrected chi connectivity index (χ1v) is 8.22. The van der Waals surface area contributed by atoms with E-state index in [0.717, 1.165) is 33.4 Å². The summed E-state index contributed by atoms with van der Waals surface area (Å²) in [4.78, 5) is 12.3. The molecule has 4 heteroatoms. The highest BCUT2D eigenvalue weighted by Gasteiger charge is 2.11. The highest BCUT2D eigenvalue weighted by Crippen LogP contribution is 2.23. The van der Waals surface area contributed by atoms with Crippen LogP contribution in [0.3, 0.4) is 0 Å². The zero-order valence-corrected chi connectivity index (χ0v) is 14.2. The highest BCUT2D eigenvalue weighted by molar-refractivity contribution is 5.87. The number of amides is 1. The number of benzene rings is 2. The summed E-state index contributed by atoms with van der Waals surface area (Å²) in [6, 6.07) is 13.6. The fraction of sp³-hybridized carbons (Fsp3) is 0.190. The van der Waals surface area contributed by atoms with Gasteiger partial charge in [0, 0.05) is 23.1 Å². The molecule has 0 radical (unpaired) electrons. The van der Waals surface area contributed by atoms with Gasteiger partial charge in [0.2, 0.25) is 5.91 Å². The van der Waals surface area contributed by atoms with E-state index in [1.165, 1.54) is 0 Å². The van der Waals surface area contributed by atoms with Gasteiger partial charge in [-0.05, 0) is 24.6 Å². The van der Waals surface area contributed by atoms with Crippen molar-refractivity contribution >= 4 is 16.9 Å². The van der Waals surface area contributed by atoms with Gasteiger partial charge in [0.15, 0.2) is 0 Å². The first-order chi connectivity index (χ1) is 12.2. The summed E-state index contributed by atoms with van der Waals surface area (Å²) in [5, 5.41) is 3.93. The van der Waals surface area contributed by atoms with Gasteiger partial charge < -0.3 is 14.5 Å². The molecule has 25 heavy (non-hydrogen) atoms. The minimum atomic E-state index is -0.0539. The van der Waals surface area contributed by atoms with Crippen LogP contribution >= 0.6 is 0 Å². The molecule has 0 atom stereocenters. The van der Waals surface area contributed by atoms with Gasteiger partial charge in [0.1, 0.15) is 17.9 Å². The number of rotatable bonds is 7. The Hall–Kier alpha value is -3.01. The maximum atomic E-state index is 12.3. The molecule has 0 spiro atoms. The van der Waals surface area contributed by atoms with E-state index < -0.39 is 0 Å². The van der Waals surface area contributed by atoms with Crippen LogP contribution in [0.15, 0.2) is 65.8 Å². The van der Waals surface area contributed by atoms with Gasteiger partial charge in [-0.15, -0.1) is 0 Å². The molecular formula is C21H21NO3. The monoisotopic (exact) mass is 335 g/mol. The molecule has 1 N–H and O–H groups in total. The van der Waals surface area contributed by atoms with Crippen molar-refractivity contribution in [1.29, 1.82) is 0 Å². The van der Waals surface area contributed by atoms with Crippen molar-refractivity contribution in [2.75, 3.05) is 6.61 Å². The van der Waals surface area contributed by atoms with Crippen LogP contribution in [0.4, 0.5) is 0 Å². The van der Waals surface area contributed by atoms with E-state index in [9.17, 15) is 4.79 Å². The molecule has 4 nitrogen and oxygen atoms in total. The third kappa shape index (κ3) is 4.10. The predicted molar refractivity (Wildman–Crippen MR) is 98.6 cm³/mol. The summed E-state index contributed by atoms with van der Waals surface area (Å²) in [5.74, 6) is 0.703. The molecule has 1 aromatic heterocycles. The van der Waals surface area contributed by atoms with Gasteiger partial charge in [-0.1, -0.05) is 43.0 Å². The number of ether oxygens (including phenoxy) is 1. The van der Waals surface area contributed by atoms with E-state index in [1.54, 1.807) is 12.3 Å². The number of hydrogen-bond donors (Lipinski definition) is 1. The van der Waals surface area contributed by atoms with Crippen LogP contribution in [0.5, 0.6) is 5.75 Å². The molecule has 3 rings (SSSR count). The lowest BCUT2D eigenvalue weighted by Crippen LogP contribution is -2.24. The topological polar surface area (TPSA) is 51.5 Å². The number of fused-ring (bicyclic) bond motifs is 1. The minimum Gasteiger partial charge on any atom is -0.489 e. The molecule has 0 fully saturated rings. The summed E-state index contributed by atoms with van der Waals surface area (Å²) in [7, 11) is 0. The first kappa shape index (κ1) is 16.8. The molecule has 1 heterocycles. The van der Waals surface area contributed by atoms with Crippen LogP contribution in [0.1, 0.15) is 16.7 Å². The molecule has 0 aliphatic rings. The van der Waals surface area contributed by atoms with E-state index in [4.69, 9.17) is 9.15 Å². The lowest BCUT2D eigenvalue weighted by atomic mass is 10.1. The van der Waals surface area contributed by atoms with Crippen molar-refractivity contribution < 1.29 is 13.9 Å². The van der Waals surface area contributed by atoms with Crippen molar-refractivity contribution in [2.24, 2.45) is 0 Å². The largest absolute Gasteiger partial charge is 0.489 e. The van der Waals surface area contributed by atoms with Gasteiger partial charge in [0.25, 0.3) is 0 Å². The van der Waals surface area contributed by atoms with Gasteiger partial charge in [0.05, 0.1) is 12.7 Å². The van der Waals surface area contributed by atoms with E-state index in [1.807, 2.05) is 49.4 Å². The lowest BCUT2D eigenvalue weighted by Gasteiger charge is -2.11. The molecule has 3 aromatic rings. The molecule has 0 saturated carbocycles. The number of aryl methyl sites for hydroxylation is 1. The Morgan fingerprint density at radius 1 is 1.24 bits per heavy atom. The second kappa shape index (κ2) is 7.71. The van der Waals surface area contributed by atoms with Crippen molar-refractivity contribution in [3.8, 4) is 5.75 Å². The second-order valence-corrected chi connectivity index (χ2v) is 5.92. The number of carbonyl (C=O) groups is 1. The van der Waals surface area contributed by atoms with Crippen molar-refractivity contribution in [3.05, 3.63) is 78.1 Å². The molecule has 2 aromatic carbocycles. The number of nitrogens with one attached hydrogen (secondary N) is 1. The normalized spacial score (nSPS) is 10.6. The summed E-state index contributed by atoms with van der Waals surface area (Å²) >= 11 is 0. The Morgan fingerprint density at radius 3 is 2.92 bits per heavy atom. The average Bonchev–Trinajstić information content (AvgIpc) is 3.00. The maximum absolute atomic E-state index is 12.3. The Bertz CT molecular complexity index is 895. The molecule has 0 aliphatic heterocycles. The van der Waals surface area contributed by atoms with Gasteiger partial charge in [-0.3, -0.25) is 4.79 Å². The van der Waals surface area contributed by atoms with Crippen molar-refractivity contribution in [1.82, 2.24) is 5.32 Å². The van der Waals surface area contributed by atoms with Gasteiger partial charge >= 0.3 is 0 Å². The summed E-state index contributed by atoms with van der Waals surface area (Å²) in [6.07, 6.45) is 3.64. The van der Waals surface area contributed by atoms with Crippen LogP contribution in [-0.2, 0) is 17.8 Å². The van der Waals surface area contributed by atoms with E-state index in [-0.39, 0.29) is 12.3 Å². The van der Waals surface area contributed by atoms with Crippen LogP contribution in [0, 0.1) is 6.92 Å². The zero-order valence-electron chi connectivity index (χ0n) is 14.2. The highest BCUT2D eigenvalue weighted by atomic mass is 16.5. The molecule has 1 amide bonds. The van der Waals surface area contributed by atoms with Gasteiger partial charge in [-0.2, -0.15) is 0 Å². The molecular weight excluding hydrogens is 314 g/mol. The standard InChI is InChI=1S/C21H21NO3/c1-3-10-24-19-7-5-4-6-16(19)13-22-21(23)12-17-14-25-20-11-15(2)8-9-18(17)20/h3-9,11,14H,1,10,12-13H2,2H3,(H,22,23). The number of para-hydroxylation sites is 1. The smallest absolute Gasteiger partial charge is 0.224 e. The SMILES string of the molecule is C=CCOc1ccccc1CNC(=O)Cc1coc2cc(C)ccc12. The Labute approximate surface area is 147 Å². The average molecular weight is 335 g/mol. The first-order valence-electron chi connectivity index (χ1n) is 8.22. The van der Waals surface area contributed by atoms with Crippen LogP contribution in [-0.4, -0.2) is 12.5 Å². The summed E-state index contributed by atoms with van der Waals surface area (Å²) in [5.41, 5.74) is 3.77. The van der Waals surface area contributed by atoms with E-state index in [2.05, 4.69) is 11.9 Å². The van der Waals surface area contributed by atoms with E-state index in [0.29, 0.717) is 13.2 Å². The maximum Gasteiger partial charge on any atom is 0.224 e. The summed E-state index contributed by atoms with van der Waals surface area (Å²) < 4.78 is 11.2. The zero-order chi connectivity index (χ0) is 17.6. The van der Waals surface area contributed by atoms with Crippen molar-refractivity contribution in [3.63, 3.8) is 0 Å². The Kier molecular flexibility index (Phi) is 5.19. The fourth-order valence-corrected chi connectivity index (χ4v) is 2.70. The minimum absolute atomic E-state index is 0.0539. The van der Waals surface area contributed by atoms with Gasteiger partial charge in [-0.25, -0.2) is 0 Å². The van der Waals surface area contributed by atoms with Crippen LogP contribution < -0.4 is 10.1 Å². The molecule has 0 bridgehead atoms. The molecule has 0 saturated heterocycles. The van der Waals surface area contributed by atoms with Crippen LogP contribution in [0.2, 0.25) is 0 Å². The third-order valence-electron chi connectivity index (χ3n) is 3.97. The Balaban J connectivity index is 1.64. The third-order valence-corrected chi connectivity index (χ3v) is 3.97. The Morgan fingerprint density at radius 2 is 2.08 bits per heavy atom. The number of furan rings is 1. The lowest BCUT2D eigenvalue weighted by molar-refractivity contribution is -0.120. The van der Waals surface area contributed by atoms with E-state index >= 15 is 0 Å². The summed E-state index contributed by atoms with van der Waals surface area (Å²) in [6.45, 7) is 6.52. The fourth-order valence-electron chi connectivity index (χ4n) is 2.70. The molecule has 0 aliphatic carbocycles. The quantitative estimate of drug-likeness (QED) is 0.660. The number of carbonyl (C=O) groups excluding carboxylic acids is 1. The van der Waals surface area contributed by atoms with Crippen LogP contribution in [0.25, 0.3) is 11.0 Å². The molecule has 0 unspecified atom stereocenters.